The second-order valence-electron chi connectivity index (χ2n) is 4.17. The van der Waals surface area contributed by atoms with Gasteiger partial charge in [0, 0.05) is 6.07 Å². The molecule has 0 radical (unpaired) electrons. The minimum Gasteiger partial charge on any atom is -0.484 e. The highest BCUT2D eigenvalue weighted by atomic mass is 16.9. The van der Waals surface area contributed by atoms with Crippen molar-refractivity contribution in [2.24, 2.45) is 0 Å². The number of nitro groups is 3. The van der Waals surface area contributed by atoms with Gasteiger partial charge in [0.05, 0.1) is 21.4 Å². The smallest absolute Gasteiger partial charge is 0.426 e. The SMILES string of the molecule is O=[N+]([O-])O.O=[N+]([O-])O.O=[N+]([O-])c1ccc(OCC(O)CO)c([N+](=O)[O-])c1[N+](=O)[O-]. The average Bonchev–Trinajstić information content (AvgIpc) is 2.57. The minimum atomic E-state index is -1.50. The summed E-state index contributed by atoms with van der Waals surface area (Å²) in [6.07, 6.45) is -1.36. The van der Waals surface area contributed by atoms with Crippen LogP contribution in [0.5, 0.6) is 5.75 Å². The lowest BCUT2D eigenvalue weighted by Crippen LogP contribution is -2.21. The van der Waals surface area contributed by atoms with Crippen LogP contribution in [-0.4, -0.2) is 64.9 Å². The van der Waals surface area contributed by atoms with Crippen LogP contribution in [0.4, 0.5) is 17.1 Å². The van der Waals surface area contributed by atoms with Gasteiger partial charge in [0.2, 0.25) is 5.75 Å². The third kappa shape index (κ3) is 11.0. The van der Waals surface area contributed by atoms with Gasteiger partial charge in [-0.2, -0.15) is 0 Å². The Labute approximate surface area is 156 Å². The maximum atomic E-state index is 10.9. The fraction of sp³-hybridized carbons (Fsp3) is 0.333. The maximum Gasteiger partial charge on any atom is 0.426 e. The number of nitrogens with zero attached hydrogens (tertiary/aromatic N) is 5. The number of hydrogen-bond donors (Lipinski definition) is 4. The van der Waals surface area contributed by atoms with E-state index in [0.717, 1.165) is 6.07 Å². The van der Waals surface area contributed by atoms with Crippen molar-refractivity contribution in [1.29, 1.82) is 0 Å². The topological polar surface area (TPSA) is 306 Å². The molecule has 162 valence electrons. The molecule has 20 heteroatoms. The summed E-state index contributed by atoms with van der Waals surface area (Å²) in [4.78, 5) is 45.6. The summed E-state index contributed by atoms with van der Waals surface area (Å²) in [6, 6.07) is 1.50. The summed E-state index contributed by atoms with van der Waals surface area (Å²) in [6.45, 7) is -1.27. The molecule has 29 heavy (non-hydrogen) atoms. The highest BCUT2D eigenvalue weighted by Crippen LogP contribution is 2.42. The predicted octanol–water partition coefficient (Wildman–Crippen LogP) is -0.552. The van der Waals surface area contributed by atoms with E-state index in [9.17, 15) is 30.3 Å². The molecule has 1 aromatic carbocycles. The van der Waals surface area contributed by atoms with Gasteiger partial charge in [0.15, 0.2) is 0 Å². The van der Waals surface area contributed by atoms with Gasteiger partial charge in [-0.1, -0.05) is 0 Å². The molecule has 0 fully saturated rings. The van der Waals surface area contributed by atoms with E-state index in [4.69, 9.17) is 45.6 Å². The van der Waals surface area contributed by atoms with Gasteiger partial charge in [-0.05, 0) is 6.07 Å². The Morgan fingerprint density at radius 3 is 1.55 bits per heavy atom. The molecule has 0 spiro atoms. The fourth-order valence-corrected chi connectivity index (χ4v) is 1.41. The summed E-state index contributed by atoms with van der Waals surface area (Å²) in [5.41, 5.74) is -3.57. The lowest BCUT2D eigenvalue weighted by atomic mass is 10.2. The van der Waals surface area contributed by atoms with E-state index >= 15 is 0 Å². The first-order chi connectivity index (χ1) is 13.3. The Bertz CT molecular complexity index is 747. The molecule has 4 N–H and O–H groups in total. The van der Waals surface area contributed by atoms with Crippen molar-refractivity contribution < 1.29 is 50.3 Å². The molecule has 0 heterocycles. The summed E-state index contributed by atoms with van der Waals surface area (Å²) in [5, 5.41) is 77.4. The van der Waals surface area contributed by atoms with E-state index in [1.165, 1.54) is 0 Å². The third-order valence-electron chi connectivity index (χ3n) is 2.30. The van der Waals surface area contributed by atoms with Crippen molar-refractivity contribution in [1.82, 2.24) is 0 Å². The molecule has 0 bridgehead atoms. The first-order valence-electron chi connectivity index (χ1n) is 6.44. The molecule has 1 aromatic rings. The van der Waals surface area contributed by atoms with Crippen molar-refractivity contribution in [3.05, 3.63) is 62.7 Å². The van der Waals surface area contributed by atoms with Gasteiger partial charge < -0.3 is 25.4 Å². The van der Waals surface area contributed by atoms with Gasteiger partial charge in [-0.15, -0.1) is 20.2 Å². The highest BCUT2D eigenvalue weighted by Gasteiger charge is 2.39. The van der Waals surface area contributed by atoms with Gasteiger partial charge in [0.25, 0.3) is 10.2 Å². The first kappa shape index (κ1) is 26.8. The van der Waals surface area contributed by atoms with Crippen LogP contribution in [0, 0.1) is 50.6 Å². The molecule has 0 saturated heterocycles. The van der Waals surface area contributed by atoms with Crippen molar-refractivity contribution in [3.8, 4) is 5.75 Å². The second-order valence-corrected chi connectivity index (χ2v) is 4.17. The number of aliphatic hydroxyl groups excluding tert-OH is 2. The van der Waals surface area contributed by atoms with E-state index in [2.05, 4.69) is 0 Å². The van der Waals surface area contributed by atoms with E-state index in [0.29, 0.717) is 6.07 Å². The summed E-state index contributed by atoms with van der Waals surface area (Å²) >= 11 is 0. The van der Waals surface area contributed by atoms with Crippen LogP contribution in [0.2, 0.25) is 0 Å². The minimum absolute atomic E-state index is 0.577. The molecule has 0 aliphatic rings. The van der Waals surface area contributed by atoms with E-state index in [-0.39, 0.29) is 0 Å². The largest absolute Gasteiger partial charge is 0.484 e. The lowest BCUT2D eigenvalue weighted by Gasteiger charge is -2.09. The van der Waals surface area contributed by atoms with Gasteiger partial charge in [0.1, 0.15) is 12.7 Å². The van der Waals surface area contributed by atoms with Crippen LogP contribution in [0.15, 0.2) is 12.1 Å². The van der Waals surface area contributed by atoms with E-state index < -0.39 is 67.1 Å². The quantitative estimate of drug-likeness (QED) is 0.312. The lowest BCUT2D eigenvalue weighted by molar-refractivity contribution is -0.742. The van der Waals surface area contributed by atoms with Gasteiger partial charge in [-0.3, -0.25) is 30.3 Å². The summed E-state index contributed by atoms with van der Waals surface area (Å²) < 4.78 is 4.80. The van der Waals surface area contributed by atoms with Crippen LogP contribution in [-0.2, 0) is 0 Å². The zero-order chi connectivity index (χ0) is 23.3. The summed E-state index contributed by atoms with van der Waals surface area (Å²) in [7, 11) is 0. The molecule has 0 saturated carbocycles. The van der Waals surface area contributed by atoms with Crippen LogP contribution in [0.1, 0.15) is 0 Å². The molecular weight excluding hydrogens is 418 g/mol. The monoisotopic (exact) mass is 429 g/mol. The molecule has 1 atom stereocenters. The molecule has 1 unspecified atom stereocenters. The molecule has 0 aliphatic heterocycles. The molecule has 0 amide bonds. The number of benzene rings is 1. The number of ether oxygens (including phenoxy) is 1. The first-order valence-corrected chi connectivity index (χ1v) is 6.44. The number of aliphatic hydroxyl groups is 2. The molecular formula is C9H11N5O15. The number of rotatable bonds is 7. The maximum absolute atomic E-state index is 10.9. The van der Waals surface area contributed by atoms with Crippen molar-refractivity contribution in [2.45, 2.75) is 6.10 Å². The van der Waals surface area contributed by atoms with Crippen molar-refractivity contribution in [3.63, 3.8) is 0 Å². The number of nitro benzene ring substituents is 3. The van der Waals surface area contributed by atoms with E-state index in [1.807, 2.05) is 0 Å². The standard InChI is InChI=1S/C9H9N3O9.2HNO3/c13-3-5(14)4-21-7-2-1-6(10(15)16)8(11(17)18)9(7)12(19)20;2*2-1(3)4/h1-2,5,13-14H,3-4H2;2*(H,2,3,4). The zero-order valence-corrected chi connectivity index (χ0v) is 13.7. The molecule has 0 aromatic heterocycles. The normalized spacial score (nSPS) is 10.1. The Kier molecular flexibility index (Phi) is 11.8. The zero-order valence-electron chi connectivity index (χ0n) is 13.7. The van der Waals surface area contributed by atoms with Gasteiger partial charge >= 0.3 is 17.1 Å². The summed E-state index contributed by atoms with van der Waals surface area (Å²) in [5.74, 6) is -0.621. The second kappa shape index (κ2) is 12.8. The Morgan fingerprint density at radius 2 is 1.24 bits per heavy atom. The molecule has 20 nitrogen and oxygen atoms in total. The highest BCUT2D eigenvalue weighted by molar-refractivity contribution is 5.71. The third-order valence-corrected chi connectivity index (χ3v) is 2.30. The Morgan fingerprint density at radius 1 is 0.828 bits per heavy atom. The average molecular weight is 429 g/mol. The fourth-order valence-electron chi connectivity index (χ4n) is 1.41. The molecule has 1 rings (SSSR count). The molecule has 0 aliphatic carbocycles. The van der Waals surface area contributed by atoms with E-state index in [1.54, 1.807) is 0 Å². The Hall–Kier alpha value is -4.46. The van der Waals surface area contributed by atoms with Crippen LogP contribution in [0.25, 0.3) is 0 Å². The predicted molar refractivity (Wildman–Crippen MR) is 82.6 cm³/mol. The van der Waals surface area contributed by atoms with Crippen LogP contribution >= 0.6 is 0 Å². The van der Waals surface area contributed by atoms with Crippen molar-refractivity contribution >= 4 is 17.1 Å². The number of hydrogen-bond acceptors (Lipinski definition) is 13. The van der Waals surface area contributed by atoms with Crippen LogP contribution in [0.3, 0.4) is 0 Å². The van der Waals surface area contributed by atoms with Crippen molar-refractivity contribution in [2.75, 3.05) is 13.2 Å². The Balaban J connectivity index is 0. The van der Waals surface area contributed by atoms with Gasteiger partial charge in [-0.25, -0.2) is 0 Å². The van der Waals surface area contributed by atoms with Crippen LogP contribution < -0.4 is 4.74 Å².